The zero-order valence-electron chi connectivity index (χ0n) is 8.50. The summed E-state index contributed by atoms with van der Waals surface area (Å²) in [7, 11) is 0. The molecule has 1 atom stereocenters. The van der Waals surface area contributed by atoms with Crippen LogP contribution in [0, 0.1) is 5.21 Å². The van der Waals surface area contributed by atoms with Crippen molar-refractivity contribution in [1.29, 1.82) is 0 Å². The van der Waals surface area contributed by atoms with E-state index in [1.165, 1.54) is 5.56 Å². The van der Waals surface area contributed by atoms with Crippen LogP contribution >= 0.6 is 45.5 Å². The van der Waals surface area contributed by atoms with Crippen LogP contribution in [0.5, 0.6) is 0 Å². The Morgan fingerprint density at radius 1 is 1.44 bits per heavy atom. The predicted octanol–water partition coefficient (Wildman–Crippen LogP) is 0.923. The lowest BCUT2D eigenvalue weighted by Gasteiger charge is -2.17. The number of hydrogen-bond donors (Lipinski definition) is 3. The molecule has 0 aliphatic carbocycles. The fourth-order valence-electron chi connectivity index (χ4n) is 1.40. The van der Waals surface area contributed by atoms with E-state index in [9.17, 15) is 5.21 Å². The van der Waals surface area contributed by atoms with E-state index < -0.39 is 5.23 Å². The van der Waals surface area contributed by atoms with Gasteiger partial charge >= 0.3 is 0 Å². The Bertz CT molecular complexity index is 339. The molecule has 0 saturated heterocycles. The summed E-state index contributed by atoms with van der Waals surface area (Å²) in [5.41, 5.74) is 2.84. The number of rotatable bonds is 6. The summed E-state index contributed by atoms with van der Waals surface area (Å²) in [6.45, 7) is 0.720. The first-order valence-electron chi connectivity index (χ1n) is 4.65. The van der Waals surface area contributed by atoms with Crippen LogP contribution in [0.25, 0.3) is 0 Å². The summed E-state index contributed by atoms with van der Waals surface area (Å²) in [4.78, 5) is 4.21. The van der Waals surface area contributed by atoms with Crippen molar-refractivity contribution in [3.8, 4) is 0 Å². The van der Waals surface area contributed by atoms with Crippen molar-refractivity contribution in [2.75, 3.05) is 4.43 Å². The highest BCUT2D eigenvalue weighted by molar-refractivity contribution is 14.1. The predicted molar refractivity (Wildman–Crippen MR) is 79.2 cm³/mol. The lowest BCUT2D eigenvalue weighted by molar-refractivity contribution is -1.00. The molecule has 0 aromatic heterocycles. The van der Waals surface area contributed by atoms with Gasteiger partial charge in [0.25, 0.3) is 0 Å². The zero-order chi connectivity index (χ0) is 12.0. The Morgan fingerprint density at radius 2 is 2.19 bits per heavy atom. The van der Waals surface area contributed by atoms with Gasteiger partial charge < -0.3 is 5.21 Å². The average Bonchev–Trinajstić information content (AvgIpc) is 2.31. The molecule has 0 amide bonds. The lowest BCUT2D eigenvalue weighted by Crippen LogP contribution is -3.02. The highest BCUT2D eigenvalue weighted by Gasteiger charge is 2.08. The normalized spacial score (nSPS) is 12.8. The van der Waals surface area contributed by atoms with E-state index in [-0.39, 0.29) is 0 Å². The monoisotopic (exact) mass is 449 g/mol. The number of nitrogens with one attached hydrogen (secondary N) is 2. The number of quaternary nitrogens is 1. The van der Waals surface area contributed by atoms with Gasteiger partial charge in [0, 0.05) is 46.0 Å². The van der Waals surface area contributed by atoms with Crippen LogP contribution < -0.4 is 14.7 Å². The van der Waals surface area contributed by atoms with Crippen molar-refractivity contribution in [2.45, 2.75) is 13.0 Å². The molecule has 0 spiro atoms. The smallest absolute Gasteiger partial charge is 0.165 e. The van der Waals surface area contributed by atoms with Gasteiger partial charge in [-0.15, -0.1) is 4.94 Å². The maximum atomic E-state index is 11.3. The molecular weight excluding hydrogens is 436 g/mol. The maximum absolute atomic E-state index is 11.3. The SMILES string of the molecule is NO[NH+]([O-])c1ccc(CCI)c(CNI)c1. The number of nitrogens with two attached hydrogens (primary N) is 1. The number of alkyl halides is 1. The summed E-state index contributed by atoms with van der Waals surface area (Å²) < 4.78 is 4.10. The Hall–Kier alpha value is 0.480. The fraction of sp³-hybridized carbons (Fsp3) is 0.333. The van der Waals surface area contributed by atoms with Gasteiger partial charge in [-0.25, -0.2) is 0 Å². The molecule has 1 unspecified atom stereocenters. The average molecular weight is 449 g/mol. The summed E-state index contributed by atoms with van der Waals surface area (Å²) in [6.07, 6.45) is 0.992. The van der Waals surface area contributed by atoms with Crippen LogP contribution in [0.4, 0.5) is 5.69 Å². The van der Waals surface area contributed by atoms with Gasteiger partial charge in [0.1, 0.15) is 0 Å². The molecule has 16 heavy (non-hydrogen) atoms. The number of hydrogen-bond acceptors (Lipinski definition) is 4. The van der Waals surface area contributed by atoms with E-state index >= 15 is 0 Å². The van der Waals surface area contributed by atoms with Crippen LogP contribution in [-0.4, -0.2) is 4.43 Å². The zero-order valence-corrected chi connectivity index (χ0v) is 12.8. The van der Waals surface area contributed by atoms with Crippen molar-refractivity contribution in [3.05, 3.63) is 34.5 Å². The number of halogens is 2. The van der Waals surface area contributed by atoms with Gasteiger partial charge in [-0.05, 0) is 17.5 Å². The minimum Gasteiger partial charge on any atom is -0.593 e. The summed E-state index contributed by atoms with van der Waals surface area (Å²) in [5.74, 6) is 4.86. The van der Waals surface area contributed by atoms with Gasteiger partial charge in [-0.2, -0.15) is 11.1 Å². The van der Waals surface area contributed by atoms with E-state index in [0.717, 1.165) is 23.0 Å². The van der Waals surface area contributed by atoms with E-state index in [1.807, 2.05) is 12.1 Å². The molecule has 0 fully saturated rings. The molecule has 0 aliphatic heterocycles. The molecule has 90 valence electrons. The number of aryl methyl sites for hydroxylation is 1. The van der Waals surface area contributed by atoms with E-state index in [0.29, 0.717) is 5.69 Å². The van der Waals surface area contributed by atoms with Crippen LogP contribution in [0.1, 0.15) is 11.1 Å². The van der Waals surface area contributed by atoms with Crippen molar-refractivity contribution < 1.29 is 10.2 Å². The Morgan fingerprint density at radius 3 is 2.75 bits per heavy atom. The van der Waals surface area contributed by atoms with Crippen LogP contribution in [0.3, 0.4) is 0 Å². The van der Waals surface area contributed by atoms with Crippen LogP contribution in [0.2, 0.25) is 0 Å². The second-order valence-corrected chi connectivity index (χ2v) is 4.98. The summed E-state index contributed by atoms with van der Waals surface area (Å²) >= 11 is 4.41. The van der Waals surface area contributed by atoms with Gasteiger partial charge in [-0.1, -0.05) is 28.7 Å². The van der Waals surface area contributed by atoms with Crippen molar-refractivity contribution in [2.24, 2.45) is 5.90 Å². The highest BCUT2D eigenvalue weighted by atomic mass is 127. The van der Waals surface area contributed by atoms with E-state index in [2.05, 4.69) is 53.9 Å². The minimum atomic E-state index is -0.504. The molecule has 0 bridgehead atoms. The van der Waals surface area contributed by atoms with Crippen LogP contribution in [0.15, 0.2) is 18.2 Å². The molecule has 0 radical (unpaired) electrons. The van der Waals surface area contributed by atoms with Gasteiger partial charge in [-0.3, -0.25) is 3.53 Å². The highest BCUT2D eigenvalue weighted by Crippen LogP contribution is 2.15. The molecule has 4 N–H and O–H groups in total. The van der Waals surface area contributed by atoms with Gasteiger partial charge in [0.15, 0.2) is 5.69 Å². The molecule has 7 heteroatoms. The lowest BCUT2D eigenvalue weighted by atomic mass is 10.0. The second kappa shape index (κ2) is 7.74. The topological polar surface area (TPSA) is 74.8 Å². The van der Waals surface area contributed by atoms with Gasteiger partial charge in [0.2, 0.25) is 0 Å². The summed E-state index contributed by atoms with van der Waals surface area (Å²) in [6, 6.07) is 5.52. The molecular formula is C9H13I2N3O2. The van der Waals surface area contributed by atoms with Crippen molar-refractivity contribution >= 4 is 51.1 Å². The third kappa shape index (κ3) is 4.05. The van der Waals surface area contributed by atoms with Crippen molar-refractivity contribution in [3.63, 3.8) is 0 Å². The second-order valence-electron chi connectivity index (χ2n) is 3.14. The fourth-order valence-corrected chi connectivity index (χ4v) is 2.40. The largest absolute Gasteiger partial charge is 0.593 e. The molecule has 5 nitrogen and oxygen atoms in total. The standard InChI is InChI=1S/C9H13I2N3O2/c10-4-3-7-1-2-9(14(15)16-12)5-8(7)6-13-11/h1-2,5,13-14H,3-4,6,12H2. The molecule has 1 aromatic rings. The maximum Gasteiger partial charge on any atom is 0.165 e. The summed E-state index contributed by atoms with van der Waals surface area (Å²) in [5, 5.41) is 10.8. The van der Waals surface area contributed by atoms with E-state index in [1.54, 1.807) is 6.07 Å². The number of benzene rings is 1. The van der Waals surface area contributed by atoms with Crippen molar-refractivity contribution in [1.82, 2.24) is 3.53 Å². The first-order valence-corrected chi connectivity index (χ1v) is 7.25. The molecule has 0 aliphatic rings. The van der Waals surface area contributed by atoms with E-state index in [4.69, 9.17) is 5.90 Å². The third-order valence-electron chi connectivity index (χ3n) is 2.17. The first kappa shape index (κ1) is 14.5. The first-order chi connectivity index (χ1) is 7.72. The minimum absolute atomic E-state index is 0.487. The Balaban J connectivity index is 2.96. The van der Waals surface area contributed by atoms with Crippen LogP contribution in [-0.2, 0) is 17.9 Å². The Labute approximate surface area is 122 Å². The molecule has 1 aromatic carbocycles. The Kier molecular flexibility index (Phi) is 7.03. The van der Waals surface area contributed by atoms with Gasteiger partial charge in [0.05, 0.1) is 0 Å². The quantitative estimate of drug-likeness (QED) is 0.262. The molecule has 0 saturated carbocycles. The molecule has 1 rings (SSSR count). The third-order valence-corrected chi connectivity index (χ3v) is 3.09. The molecule has 0 heterocycles.